The molecule has 0 radical (unpaired) electrons. The zero-order chi connectivity index (χ0) is 21.2. The van der Waals surface area contributed by atoms with Crippen LogP contribution in [-0.2, 0) is 0 Å². The number of nitrogens with zero attached hydrogens (tertiary/aromatic N) is 3. The fourth-order valence-corrected chi connectivity index (χ4v) is 3.41. The largest absolute Gasteiger partial charge is 0.494 e. The van der Waals surface area contributed by atoms with E-state index in [2.05, 4.69) is 22.4 Å². The number of hydrazone groups is 1. The Morgan fingerprint density at radius 3 is 2.60 bits per heavy atom. The molecule has 0 saturated carbocycles. The lowest BCUT2D eigenvalue weighted by Crippen LogP contribution is -1.97. The summed E-state index contributed by atoms with van der Waals surface area (Å²) < 4.78 is 5.74. The molecule has 0 fully saturated rings. The summed E-state index contributed by atoms with van der Waals surface area (Å²) in [6.07, 6.45) is 6.48. The summed E-state index contributed by atoms with van der Waals surface area (Å²) >= 11 is 1.42. The van der Waals surface area contributed by atoms with E-state index < -0.39 is 4.92 Å². The number of hydrogen-bond acceptors (Lipinski definition) is 7. The van der Waals surface area contributed by atoms with Gasteiger partial charge in [0.1, 0.15) is 5.75 Å². The van der Waals surface area contributed by atoms with Crippen LogP contribution in [0, 0.1) is 10.1 Å². The molecule has 1 heterocycles. The molecule has 0 atom stereocenters. The van der Waals surface area contributed by atoms with Crippen molar-refractivity contribution in [3.63, 3.8) is 0 Å². The standard InChI is InChI=1S/C22H24N4O3S/c1-2-3-4-5-14-29-20-12-6-17(7-13-20)15-23-25-22-24-21(16-30-22)18-8-10-19(11-9-18)26(27)28/h6-13,15-16H,2-5,14H2,1H3,(H,24,25)/b23-15-. The molecule has 1 N–H and O–H groups in total. The number of nitro benzene ring substituents is 1. The summed E-state index contributed by atoms with van der Waals surface area (Å²) in [4.78, 5) is 14.8. The van der Waals surface area contributed by atoms with E-state index in [1.165, 1.54) is 42.7 Å². The summed E-state index contributed by atoms with van der Waals surface area (Å²) in [5, 5.41) is 17.5. The third kappa shape index (κ3) is 6.38. The third-order valence-electron chi connectivity index (χ3n) is 4.40. The number of hydrogen-bond donors (Lipinski definition) is 1. The van der Waals surface area contributed by atoms with Gasteiger partial charge in [-0.15, -0.1) is 11.3 Å². The van der Waals surface area contributed by atoms with E-state index in [1.807, 2.05) is 29.6 Å². The number of ether oxygens (including phenoxy) is 1. The van der Waals surface area contributed by atoms with Gasteiger partial charge in [0.05, 0.1) is 23.4 Å². The molecule has 0 unspecified atom stereocenters. The Hall–Kier alpha value is -3.26. The van der Waals surface area contributed by atoms with Crippen molar-refractivity contribution in [3.8, 4) is 17.0 Å². The van der Waals surface area contributed by atoms with Crippen LogP contribution in [0.25, 0.3) is 11.3 Å². The lowest BCUT2D eigenvalue weighted by atomic mass is 10.1. The van der Waals surface area contributed by atoms with E-state index >= 15 is 0 Å². The Morgan fingerprint density at radius 2 is 1.90 bits per heavy atom. The minimum atomic E-state index is -0.418. The van der Waals surface area contributed by atoms with E-state index in [0.717, 1.165) is 35.6 Å². The van der Waals surface area contributed by atoms with Gasteiger partial charge < -0.3 is 4.74 Å². The Balaban J connectivity index is 1.49. The Morgan fingerprint density at radius 1 is 1.13 bits per heavy atom. The van der Waals surface area contributed by atoms with Crippen molar-refractivity contribution in [2.24, 2.45) is 5.10 Å². The van der Waals surface area contributed by atoms with Crippen LogP contribution >= 0.6 is 11.3 Å². The molecule has 0 bridgehead atoms. The fourth-order valence-electron chi connectivity index (χ4n) is 2.74. The van der Waals surface area contributed by atoms with Gasteiger partial charge >= 0.3 is 0 Å². The van der Waals surface area contributed by atoms with Crippen molar-refractivity contribution >= 4 is 28.4 Å². The number of non-ortho nitro benzene ring substituents is 1. The van der Waals surface area contributed by atoms with Crippen molar-refractivity contribution in [1.29, 1.82) is 0 Å². The summed E-state index contributed by atoms with van der Waals surface area (Å²) in [6.45, 7) is 2.94. The normalized spacial score (nSPS) is 11.0. The molecule has 3 rings (SSSR count). The second-order valence-corrected chi connectivity index (χ2v) is 7.55. The molecule has 0 aliphatic rings. The molecule has 0 aliphatic heterocycles. The third-order valence-corrected chi connectivity index (χ3v) is 5.15. The van der Waals surface area contributed by atoms with Gasteiger partial charge in [-0.3, -0.25) is 15.5 Å². The molecule has 7 nitrogen and oxygen atoms in total. The number of anilines is 1. The maximum Gasteiger partial charge on any atom is 0.269 e. The number of unbranched alkanes of at least 4 members (excludes halogenated alkanes) is 3. The van der Waals surface area contributed by atoms with Crippen LogP contribution in [0.3, 0.4) is 0 Å². The zero-order valence-corrected chi connectivity index (χ0v) is 17.6. The van der Waals surface area contributed by atoms with Crippen LogP contribution in [0.2, 0.25) is 0 Å². The van der Waals surface area contributed by atoms with Crippen LogP contribution < -0.4 is 10.2 Å². The first-order valence-corrected chi connectivity index (χ1v) is 10.8. The summed E-state index contributed by atoms with van der Waals surface area (Å²) in [6, 6.07) is 14.1. The zero-order valence-electron chi connectivity index (χ0n) is 16.8. The number of aromatic nitrogens is 1. The van der Waals surface area contributed by atoms with E-state index in [4.69, 9.17) is 4.74 Å². The number of thiazole rings is 1. The van der Waals surface area contributed by atoms with E-state index in [-0.39, 0.29) is 5.69 Å². The SMILES string of the molecule is CCCCCCOc1ccc(/C=N\Nc2nc(-c3ccc([N+](=O)[O-])cc3)cs2)cc1. The lowest BCUT2D eigenvalue weighted by Gasteiger charge is -2.05. The predicted molar refractivity (Wildman–Crippen MR) is 122 cm³/mol. The quantitative estimate of drug-likeness (QED) is 0.173. The molecule has 2 aromatic carbocycles. The second kappa shape index (κ2) is 11.1. The minimum absolute atomic E-state index is 0.0600. The van der Waals surface area contributed by atoms with Gasteiger partial charge in [0.2, 0.25) is 5.13 Å². The van der Waals surface area contributed by atoms with E-state index in [1.54, 1.807) is 18.3 Å². The first kappa shape index (κ1) is 21.4. The summed E-state index contributed by atoms with van der Waals surface area (Å²) in [5.74, 6) is 0.865. The highest BCUT2D eigenvalue weighted by molar-refractivity contribution is 7.14. The van der Waals surface area contributed by atoms with E-state index in [0.29, 0.717) is 5.13 Å². The highest BCUT2D eigenvalue weighted by atomic mass is 32.1. The van der Waals surface area contributed by atoms with Crippen LogP contribution in [0.1, 0.15) is 38.2 Å². The molecule has 30 heavy (non-hydrogen) atoms. The highest BCUT2D eigenvalue weighted by Gasteiger charge is 2.08. The van der Waals surface area contributed by atoms with Crippen molar-refractivity contribution < 1.29 is 9.66 Å². The smallest absolute Gasteiger partial charge is 0.269 e. The molecule has 1 aromatic heterocycles. The van der Waals surface area contributed by atoms with Crippen molar-refractivity contribution in [3.05, 3.63) is 69.6 Å². The highest BCUT2D eigenvalue weighted by Crippen LogP contribution is 2.26. The average molecular weight is 425 g/mol. The molecule has 156 valence electrons. The number of rotatable bonds is 11. The van der Waals surface area contributed by atoms with Gasteiger partial charge in [-0.25, -0.2) is 4.98 Å². The maximum atomic E-state index is 10.7. The van der Waals surface area contributed by atoms with E-state index in [9.17, 15) is 10.1 Å². The van der Waals surface area contributed by atoms with Crippen molar-refractivity contribution in [2.75, 3.05) is 12.0 Å². The molecule has 0 saturated heterocycles. The average Bonchev–Trinajstić information content (AvgIpc) is 3.24. The molecule has 0 spiro atoms. The molecule has 0 aliphatic carbocycles. The molecular formula is C22H24N4O3S. The number of benzene rings is 2. The topological polar surface area (TPSA) is 89.7 Å². The Kier molecular flexibility index (Phi) is 7.91. The Bertz CT molecular complexity index is 969. The molecular weight excluding hydrogens is 400 g/mol. The summed E-state index contributed by atoms with van der Waals surface area (Å²) in [7, 11) is 0. The fraction of sp³-hybridized carbons (Fsp3) is 0.273. The first-order valence-electron chi connectivity index (χ1n) is 9.88. The molecule has 3 aromatic rings. The van der Waals surface area contributed by atoms with Crippen molar-refractivity contribution in [1.82, 2.24) is 4.98 Å². The van der Waals surface area contributed by atoms with Crippen LogP contribution in [-0.4, -0.2) is 22.7 Å². The number of nitrogens with one attached hydrogen (secondary N) is 1. The minimum Gasteiger partial charge on any atom is -0.494 e. The van der Waals surface area contributed by atoms with Gasteiger partial charge in [0, 0.05) is 23.1 Å². The monoisotopic (exact) mass is 424 g/mol. The first-order chi connectivity index (χ1) is 14.7. The van der Waals surface area contributed by atoms with Crippen LogP contribution in [0.4, 0.5) is 10.8 Å². The van der Waals surface area contributed by atoms with Crippen molar-refractivity contribution in [2.45, 2.75) is 32.6 Å². The lowest BCUT2D eigenvalue weighted by molar-refractivity contribution is -0.384. The van der Waals surface area contributed by atoms with Gasteiger partial charge in [0.25, 0.3) is 5.69 Å². The summed E-state index contributed by atoms with van der Waals surface area (Å²) in [5.41, 5.74) is 5.49. The molecule has 0 amide bonds. The van der Waals surface area contributed by atoms with Gasteiger partial charge in [-0.1, -0.05) is 26.2 Å². The predicted octanol–water partition coefficient (Wildman–Crippen LogP) is 6.12. The van der Waals surface area contributed by atoms with Crippen LogP contribution in [0.5, 0.6) is 5.75 Å². The second-order valence-electron chi connectivity index (χ2n) is 6.69. The van der Waals surface area contributed by atoms with Gasteiger partial charge in [-0.2, -0.15) is 5.10 Å². The van der Waals surface area contributed by atoms with Gasteiger partial charge in [0.15, 0.2) is 0 Å². The number of nitro groups is 1. The van der Waals surface area contributed by atoms with Crippen LogP contribution in [0.15, 0.2) is 59.0 Å². The maximum absolute atomic E-state index is 10.7. The Labute approximate surface area is 179 Å². The van der Waals surface area contributed by atoms with Gasteiger partial charge in [-0.05, 0) is 48.4 Å². The molecule has 8 heteroatoms.